The average Bonchev–Trinajstić information content (AvgIpc) is 3.49. The highest BCUT2D eigenvalue weighted by Gasteiger charge is 2.19. The van der Waals surface area contributed by atoms with E-state index >= 15 is 0 Å². The molecule has 0 aromatic heterocycles. The standard InChI is InChI=1S/C77H136O6/c1-4-7-10-13-16-19-22-25-28-31-34-36-38-40-43-46-49-52-55-58-61-64-67-70-76(79)82-73-74(72-81-75(78)69-66-63-60-57-54-51-48-45-42-33-30-27-24-21-18-15-12-9-6-3)83-77(80)71-68-65-62-59-56-53-50-47-44-41-39-37-35-32-29-26-23-20-17-14-11-8-5-2/h7,10,16,19,23,25-26,28,32,34-36,40,43,74H,4-6,8-9,11-15,17-18,20-22,24,27,29-31,33,37-39,41-42,44-73H2,1-3H3/b10-7-,19-16-,26-23-,28-25-,35-32-,36-34-,43-40-. The van der Waals surface area contributed by atoms with Crippen molar-refractivity contribution < 1.29 is 28.6 Å². The summed E-state index contributed by atoms with van der Waals surface area (Å²) in [6, 6.07) is 0. The molecule has 1 unspecified atom stereocenters. The number of carbonyl (C=O) groups excluding carboxylic acids is 3. The first-order chi connectivity index (χ1) is 41.0. The molecular formula is C77H136O6. The number of carbonyl (C=O) groups is 3. The second kappa shape index (κ2) is 71.1. The molecule has 0 amide bonds. The fraction of sp³-hybridized carbons (Fsp3) is 0.779. The van der Waals surface area contributed by atoms with Crippen LogP contribution < -0.4 is 0 Å². The quantitative estimate of drug-likeness (QED) is 0.0261. The molecule has 0 spiro atoms. The van der Waals surface area contributed by atoms with E-state index in [9.17, 15) is 14.4 Å². The Balaban J connectivity index is 4.38. The molecule has 0 fully saturated rings. The summed E-state index contributed by atoms with van der Waals surface area (Å²) in [5.74, 6) is -0.868. The van der Waals surface area contributed by atoms with E-state index in [1.165, 1.54) is 225 Å². The zero-order chi connectivity index (χ0) is 59.9. The molecular weight excluding hydrogens is 1020 g/mol. The molecule has 0 heterocycles. The normalized spacial score (nSPS) is 12.6. The summed E-state index contributed by atoms with van der Waals surface area (Å²) < 4.78 is 17.0. The van der Waals surface area contributed by atoms with Crippen molar-refractivity contribution in [2.45, 2.75) is 374 Å². The Hall–Kier alpha value is -3.41. The van der Waals surface area contributed by atoms with E-state index in [-0.39, 0.29) is 31.1 Å². The van der Waals surface area contributed by atoms with Gasteiger partial charge in [-0.1, -0.05) is 337 Å². The van der Waals surface area contributed by atoms with E-state index in [1.807, 2.05) is 0 Å². The number of hydrogen-bond donors (Lipinski definition) is 0. The predicted octanol–water partition coefficient (Wildman–Crippen LogP) is 25.0. The molecule has 480 valence electrons. The Bertz CT molecular complexity index is 1570. The summed E-state index contributed by atoms with van der Waals surface area (Å²) in [7, 11) is 0. The zero-order valence-electron chi connectivity index (χ0n) is 55.2. The minimum atomic E-state index is -0.784. The summed E-state index contributed by atoms with van der Waals surface area (Å²) in [5.41, 5.74) is 0. The molecule has 0 N–H and O–H groups in total. The maximum absolute atomic E-state index is 13.0. The second-order valence-corrected chi connectivity index (χ2v) is 24.1. The van der Waals surface area contributed by atoms with Gasteiger partial charge in [0.1, 0.15) is 13.2 Å². The lowest BCUT2D eigenvalue weighted by molar-refractivity contribution is -0.167. The molecule has 0 bridgehead atoms. The third-order valence-electron chi connectivity index (χ3n) is 15.9. The van der Waals surface area contributed by atoms with Gasteiger partial charge in [-0.25, -0.2) is 0 Å². The maximum Gasteiger partial charge on any atom is 0.306 e. The van der Waals surface area contributed by atoms with Gasteiger partial charge >= 0.3 is 17.9 Å². The van der Waals surface area contributed by atoms with Crippen LogP contribution in [-0.4, -0.2) is 37.2 Å². The van der Waals surface area contributed by atoms with Gasteiger partial charge in [0.05, 0.1) is 0 Å². The number of allylic oxidation sites excluding steroid dienone is 14. The summed E-state index contributed by atoms with van der Waals surface area (Å²) in [5, 5.41) is 0. The van der Waals surface area contributed by atoms with Crippen molar-refractivity contribution in [3.8, 4) is 0 Å². The molecule has 6 nitrogen and oxygen atoms in total. The smallest absolute Gasteiger partial charge is 0.306 e. The highest BCUT2D eigenvalue weighted by molar-refractivity contribution is 5.71. The third kappa shape index (κ3) is 69.3. The fourth-order valence-corrected chi connectivity index (χ4v) is 10.5. The fourth-order valence-electron chi connectivity index (χ4n) is 10.5. The van der Waals surface area contributed by atoms with E-state index in [0.29, 0.717) is 19.3 Å². The Morgan fingerprint density at radius 3 is 0.735 bits per heavy atom. The van der Waals surface area contributed by atoms with Crippen LogP contribution in [-0.2, 0) is 28.6 Å². The van der Waals surface area contributed by atoms with Crippen LogP contribution in [0.2, 0.25) is 0 Å². The van der Waals surface area contributed by atoms with Crippen molar-refractivity contribution in [2.24, 2.45) is 0 Å². The molecule has 6 heteroatoms. The van der Waals surface area contributed by atoms with Crippen molar-refractivity contribution in [3.63, 3.8) is 0 Å². The minimum absolute atomic E-state index is 0.0771. The Kier molecular flexibility index (Phi) is 68.2. The molecule has 0 radical (unpaired) electrons. The van der Waals surface area contributed by atoms with Crippen molar-refractivity contribution in [3.05, 3.63) is 85.1 Å². The highest BCUT2D eigenvalue weighted by atomic mass is 16.6. The number of hydrogen-bond acceptors (Lipinski definition) is 6. The average molecular weight is 1160 g/mol. The van der Waals surface area contributed by atoms with Gasteiger partial charge in [-0.05, 0) is 96.3 Å². The van der Waals surface area contributed by atoms with Crippen LogP contribution in [0.5, 0.6) is 0 Å². The predicted molar refractivity (Wildman–Crippen MR) is 362 cm³/mol. The van der Waals surface area contributed by atoms with Crippen LogP contribution in [0.4, 0.5) is 0 Å². The van der Waals surface area contributed by atoms with Crippen LogP contribution in [0.3, 0.4) is 0 Å². The van der Waals surface area contributed by atoms with Gasteiger partial charge in [-0.3, -0.25) is 14.4 Å². The van der Waals surface area contributed by atoms with Crippen molar-refractivity contribution >= 4 is 17.9 Å². The van der Waals surface area contributed by atoms with Gasteiger partial charge < -0.3 is 14.2 Å². The maximum atomic E-state index is 13.0. The Labute approximate surface area is 515 Å². The number of ether oxygens (including phenoxy) is 3. The zero-order valence-corrected chi connectivity index (χ0v) is 55.2. The molecule has 0 aliphatic heterocycles. The molecule has 0 saturated heterocycles. The molecule has 0 aliphatic carbocycles. The van der Waals surface area contributed by atoms with E-state index < -0.39 is 6.10 Å². The van der Waals surface area contributed by atoms with Crippen LogP contribution >= 0.6 is 0 Å². The molecule has 83 heavy (non-hydrogen) atoms. The van der Waals surface area contributed by atoms with Gasteiger partial charge in [0.15, 0.2) is 6.10 Å². The lowest BCUT2D eigenvalue weighted by atomic mass is 10.0. The molecule has 0 saturated carbocycles. The van der Waals surface area contributed by atoms with Crippen molar-refractivity contribution in [1.82, 2.24) is 0 Å². The minimum Gasteiger partial charge on any atom is -0.462 e. The molecule has 0 aliphatic rings. The van der Waals surface area contributed by atoms with Crippen LogP contribution in [0.1, 0.15) is 367 Å². The van der Waals surface area contributed by atoms with E-state index in [0.717, 1.165) is 103 Å². The van der Waals surface area contributed by atoms with Crippen LogP contribution in [0.15, 0.2) is 85.1 Å². The van der Waals surface area contributed by atoms with Gasteiger partial charge in [0.2, 0.25) is 0 Å². The van der Waals surface area contributed by atoms with Gasteiger partial charge in [0, 0.05) is 19.3 Å². The Morgan fingerprint density at radius 1 is 0.253 bits per heavy atom. The number of unbranched alkanes of at least 4 members (excludes halogenated alkanes) is 41. The first-order valence-electron chi connectivity index (χ1n) is 36.1. The monoisotopic (exact) mass is 1160 g/mol. The largest absolute Gasteiger partial charge is 0.462 e. The lowest BCUT2D eigenvalue weighted by Crippen LogP contribution is -2.30. The van der Waals surface area contributed by atoms with E-state index in [1.54, 1.807) is 0 Å². The SMILES string of the molecule is CC/C=C\C/C=C\C/C=C\C/C=C\C/C=C\CCCCCCCCCC(=O)OCC(COC(=O)CCCCCCCCCCCCCCCCCCCCC)OC(=O)CCCCCCCCCCCCC/C=C\C/C=C\CCCCCCC. The highest BCUT2D eigenvalue weighted by Crippen LogP contribution is 2.18. The summed E-state index contributed by atoms with van der Waals surface area (Å²) in [4.78, 5) is 38.5. The summed E-state index contributed by atoms with van der Waals surface area (Å²) >= 11 is 0. The molecule has 0 aromatic rings. The summed E-state index contributed by atoms with van der Waals surface area (Å²) in [6.07, 6.45) is 94.6. The first-order valence-corrected chi connectivity index (χ1v) is 36.1. The van der Waals surface area contributed by atoms with Gasteiger partial charge in [-0.15, -0.1) is 0 Å². The molecule has 1 atom stereocenters. The van der Waals surface area contributed by atoms with Gasteiger partial charge in [0.25, 0.3) is 0 Å². The second-order valence-electron chi connectivity index (χ2n) is 24.1. The molecule has 0 aromatic carbocycles. The van der Waals surface area contributed by atoms with Crippen molar-refractivity contribution in [1.29, 1.82) is 0 Å². The Morgan fingerprint density at radius 2 is 0.470 bits per heavy atom. The lowest BCUT2D eigenvalue weighted by Gasteiger charge is -2.18. The van der Waals surface area contributed by atoms with E-state index in [4.69, 9.17) is 14.2 Å². The number of esters is 3. The summed E-state index contributed by atoms with van der Waals surface area (Å²) in [6.45, 7) is 6.57. The topological polar surface area (TPSA) is 78.9 Å². The van der Waals surface area contributed by atoms with Crippen LogP contribution in [0, 0.1) is 0 Å². The van der Waals surface area contributed by atoms with Gasteiger partial charge in [-0.2, -0.15) is 0 Å². The van der Waals surface area contributed by atoms with Crippen LogP contribution in [0.25, 0.3) is 0 Å². The first kappa shape index (κ1) is 79.6. The molecule has 0 rings (SSSR count). The van der Waals surface area contributed by atoms with Crippen molar-refractivity contribution in [2.75, 3.05) is 13.2 Å². The third-order valence-corrected chi connectivity index (χ3v) is 15.9. The number of rotatable bonds is 66. The van der Waals surface area contributed by atoms with E-state index in [2.05, 4.69) is 106 Å².